The summed E-state index contributed by atoms with van der Waals surface area (Å²) in [5.74, 6) is -0.793. The molecule has 0 spiro atoms. The molecule has 2 N–H and O–H groups in total. The first-order valence-corrected chi connectivity index (χ1v) is 6.43. The molecule has 1 unspecified atom stereocenters. The van der Waals surface area contributed by atoms with E-state index in [0.29, 0.717) is 17.9 Å². The average Bonchev–Trinajstić information content (AvgIpc) is 2.42. The smallest absolute Gasteiger partial charge is 0.251 e. The van der Waals surface area contributed by atoms with Crippen LogP contribution >= 0.6 is 11.6 Å². The molecule has 1 fully saturated rings. The fourth-order valence-corrected chi connectivity index (χ4v) is 2.03. The van der Waals surface area contributed by atoms with Crippen LogP contribution < -0.4 is 10.6 Å². The number of carbonyl (C=O) groups excluding carboxylic acids is 3. The van der Waals surface area contributed by atoms with Crippen LogP contribution in [-0.2, 0) is 15.5 Å². The number of nitrogens with one attached hydrogen (secondary N) is 2. The molecule has 1 heterocycles. The zero-order chi connectivity index (χ0) is 13.8. The van der Waals surface area contributed by atoms with E-state index in [0.717, 1.165) is 5.56 Å². The van der Waals surface area contributed by atoms with Crippen molar-refractivity contribution in [3.8, 4) is 0 Å². The minimum Gasteiger partial charge on any atom is -0.340 e. The van der Waals surface area contributed by atoms with Gasteiger partial charge in [0, 0.05) is 17.9 Å². The summed E-state index contributed by atoms with van der Waals surface area (Å²) in [6, 6.07) is 6.21. The maximum Gasteiger partial charge on any atom is 0.251 e. The van der Waals surface area contributed by atoms with Crippen LogP contribution in [0.25, 0.3) is 0 Å². The second-order valence-corrected chi connectivity index (χ2v) is 4.58. The molecule has 0 saturated carbocycles. The van der Waals surface area contributed by atoms with Crippen molar-refractivity contribution >= 4 is 29.3 Å². The number of carbonyl (C=O) groups is 3. The number of hydrogen-bond acceptors (Lipinski definition) is 3. The van der Waals surface area contributed by atoms with Crippen molar-refractivity contribution in [3.05, 3.63) is 35.4 Å². The quantitative estimate of drug-likeness (QED) is 0.640. The van der Waals surface area contributed by atoms with Crippen molar-refractivity contribution in [2.45, 2.75) is 24.8 Å². The molecule has 19 heavy (non-hydrogen) atoms. The molecule has 0 bridgehead atoms. The molecule has 3 amide bonds. The number of alkyl halides is 1. The van der Waals surface area contributed by atoms with E-state index in [4.69, 9.17) is 11.6 Å². The van der Waals surface area contributed by atoms with Gasteiger partial charge in [-0.05, 0) is 24.1 Å². The minimum absolute atomic E-state index is 0.235. The standard InChI is InChI=1S/C13H13ClN2O3/c14-7-8-2-1-3-9(6-8)12(18)15-10-4-5-11(17)16-13(10)19/h1-3,6,10H,4-5,7H2,(H,15,18)(H,16,17,19). The van der Waals surface area contributed by atoms with Gasteiger partial charge in [-0.1, -0.05) is 12.1 Å². The summed E-state index contributed by atoms with van der Waals surface area (Å²) in [5, 5.41) is 4.81. The maximum atomic E-state index is 12.0. The van der Waals surface area contributed by atoms with Gasteiger partial charge >= 0.3 is 0 Å². The van der Waals surface area contributed by atoms with Crippen LogP contribution in [0.5, 0.6) is 0 Å². The summed E-state index contributed by atoms with van der Waals surface area (Å²) < 4.78 is 0. The van der Waals surface area contributed by atoms with Gasteiger partial charge in [0.25, 0.3) is 5.91 Å². The van der Waals surface area contributed by atoms with Gasteiger partial charge in [0.2, 0.25) is 11.8 Å². The number of piperidine rings is 1. The van der Waals surface area contributed by atoms with Crippen LogP contribution in [0, 0.1) is 0 Å². The summed E-state index contributed by atoms with van der Waals surface area (Å²) in [4.78, 5) is 34.5. The monoisotopic (exact) mass is 280 g/mol. The summed E-state index contributed by atoms with van der Waals surface area (Å²) in [7, 11) is 0. The van der Waals surface area contributed by atoms with Gasteiger partial charge in [0.15, 0.2) is 0 Å². The average molecular weight is 281 g/mol. The van der Waals surface area contributed by atoms with Crippen molar-refractivity contribution in [1.82, 2.24) is 10.6 Å². The molecule has 1 aliphatic rings. The molecule has 1 aromatic carbocycles. The third kappa shape index (κ3) is 3.32. The molecule has 1 aromatic rings. The topological polar surface area (TPSA) is 75.3 Å². The Morgan fingerprint density at radius 2 is 2.21 bits per heavy atom. The van der Waals surface area contributed by atoms with E-state index in [1.807, 2.05) is 6.07 Å². The highest BCUT2D eigenvalue weighted by atomic mass is 35.5. The van der Waals surface area contributed by atoms with E-state index in [1.165, 1.54) is 0 Å². The lowest BCUT2D eigenvalue weighted by molar-refractivity contribution is -0.134. The highest BCUT2D eigenvalue weighted by molar-refractivity contribution is 6.17. The van der Waals surface area contributed by atoms with Crippen molar-refractivity contribution in [3.63, 3.8) is 0 Å². The van der Waals surface area contributed by atoms with Gasteiger partial charge in [0.1, 0.15) is 6.04 Å². The largest absolute Gasteiger partial charge is 0.340 e. The van der Waals surface area contributed by atoms with Crippen molar-refractivity contribution in [2.24, 2.45) is 0 Å². The van der Waals surface area contributed by atoms with E-state index >= 15 is 0 Å². The Morgan fingerprint density at radius 1 is 1.42 bits per heavy atom. The van der Waals surface area contributed by atoms with Crippen LogP contribution in [0.4, 0.5) is 0 Å². The number of imide groups is 1. The Labute approximate surface area is 115 Å². The first-order chi connectivity index (χ1) is 9.10. The molecular formula is C13H13ClN2O3. The highest BCUT2D eigenvalue weighted by Gasteiger charge is 2.27. The Bertz CT molecular complexity index is 530. The molecule has 0 radical (unpaired) electrons. The van der Waals surface area contributed by atoms with Crippen LogP contribution in [0.2, 0.25) is 0 Å². The third-order valence-electron chi connectivity index (χ3n) is 2.89. The third-order valence-corrected chi connectivity index (χ3v) is 3.20. The van der Waals surface area contributed by atoms with Crippen LogP contribution in [-0.4, -0.2) is 23.8 Å². The van der Waals surface area contributed by atoms with Crippen LogP contribution in [0.3, 0.4) is 0 Å². The van der Waals surface area contributed by atoms with Gasteiger partial charge in [-0.2, -0.15) is 0 Å². The summed E-state index contributed by atoms with van der Waals surface area (Å²) in [6.07, 6.45) is 0.560. The van der Waals surface area contributed by atoms with Crippen LogP contribution in [0.1, 0.15) is 28.8 Å². The van der Waals surface area contributed by atoms with Crippen LogP contribution in [0.15, 0.2) is 24.3 Å². The summed E-state index contributed by atoms with van der Waals surface area (Å²) in [5.41, 5.74) is 1.28. The Kier molecular flexibility index (Phi) is 4.16. The molecular weight excluding hydrogens is 268 g/mol. The molecule has 1 saturated heterocycles. The van der Waals surface area contributed by atoms with Gasteiger partial charge in [-0.25, -0.2) is 0 Å². The lowest BCUT2D eigenvalue weighted by Gasteiger charge is -2.21. The first-order valence-electron chi connectivity index (χ1n) is 5.89. The molecule has 1 aliphatic heterocycles. The molecule has 100 valence electrons. The zero-order valence-electron chi connectivity index (χ0n) is 10.1. The van der Waals surface area contributed by atoms with E-state index in [1.54, 1.807) is 18.2 Å². The van der Waals surface area contributed by atoms with Gasteiger partial charge in [-0.3, -0.25) is 19.7 Å². The van der Waals surface area contributed by atoms with Crippen molar-refractivity contribution < 1.29 is 14.4 Å². The number of amides is 3. The van der Waals surface area contributed by atoms with E-state index in [2.05, 4.69) is 10.6 Å². The molecule has 2 rings (SSSR count). The van der Waals surface area contributed by atoms with Gasteiger partial charge < -0.3 is 5.32 Å². The minimum atomic E-state index is -0.662. The first kappa shape index (κ1) is 13.5. The second-order valence-electron chi connectivity index (χ2n) is 4.31. The molecule has 0 aliphatic carbocycles. The lowest BCUT2D eigenvalue weighted by Crippen LogP contribution is -2.52. The SMILES string of the molecule is O=C1CCC(NC(=O)c2cccc(CCl)c2)C(=O)N1. The second kappa shape index (κ2) is 5.84. The molecule has 0 aromatic heterocycles. The number of hydrogen-bond donors (Lipinski definition) is 2. The highest BCUT2D eigenvalue weighted by Crippen LogP contribution is 2.10. The molecule has 6 heteroatoms. The fraction of sp³-hybridized carbons (Fsp3) is 0.308. The normalized spacial score (nSPS) is 18.9. The Morgan fingerprint density at radius 3 is 2.89 bits per heavy atom. The number of rotatable bonds is 3. The van der Waals surface area contributed by atoms with Gasteiger partial charge in [0.05, 0.1) is 0 Å². The Balaban J connectivity index is 2.04. The van der Waals surface area contributed by atoms with E-state index in [-0.39, 0.29) is 18.2 Å². The Hall–Kier alpha value is -1.88. The van der Waals surface area contributed by atoms with E-state index < -0.39 is 11.9 Å². The zero-order valence-corrected chi connectivity index (χ0v) is 10.9. The maximum absolute atomic E-state index is 12.0. The fourth-order valence-electron chi connectivity index (χ4n) is 1.87. The van der Waals surface area contributed by atoms with Gasteiger partial charge in [-0.15, -0.1) is 11.6 Å². The van der Waals surface area contributed by atoms with Crippen molar-refractivity contribution in [2.75, 3.05) is 0 Å². The summed E-state index contributed by atoms with van der Waals surface area (Å²) in [6.45, 7) is 0. The predicted molar refractivity (Wildman–Crippen MR) is 69.6 cm³/mol. The summed E-state index contributed by atoms with van der Waals surface area (Å²) >= 11 is 5.70. The number of halogens is 1. The van der Waals surface area contributed by atoms with E-state index in [9.17, 15) is 14.4 Å². The molecule has 5 nitrogen and oxygen atoms in total. The lowest BCUT2D eigenvalue weighted by atomic mass is 10.1. The number of benzene rings is 1. The van der Waals surface area contributed by atoms with Crippen molar-refractivity contribution in [1.29, 1.82) is 0 Å². The molecule has 1 atom stereocenters. The predicted octanol–water partition coefficient (Wildman–Crippen LogP) is 0.960.